The quantitative estimate of drug-likeness (QED) is 0.222. The molecule has 2 aromatic rings. The highest BCUT2D eigenvalue weighted by Crippen LogP contribution is 2.04. The number of carbonyl (C=O) groups is 6. The molecule has 0 heterocycles. The van der Waals surface area contributed by atoms with E-state index in [0.29, 0.717) is 5.56 Å². The van der Waals surface area contributed by atoms with Crippen LogP contribution in [0, 0.1) is 0 Å². The number of amides is 3. The summed E-state index contributed by atoms with van der Waals surface area (Å²) in [6.45, 7) is -0.132. The molecule has 2 rings (SSSR count). The molecular weight excluding hydrogens is 526 g/mol. The van der Waals surface area contributed by atoms with Gasteiger partial charge in [-0.3, -0.25) is 24.0 Å². The zero-order valence-electron chi connectivity index (χ0n) is 22.0. The zero-order chi connectivity index (χ0) is 29.3. The summed E-state index contributed by atoms with van der Waals surface area (Å²) >= 11 is 0. The number of rotatable bonds is 14. The van der Waals surface area contributed by atoms with Crippen molar-refractivity contribution in [2.75, 3.05) is 20.3 Å². The molecule has 3 N–H and O–H groups in total. The predicted octanol–water partition coefficient (Wildman–Crippen LogP) is 0.752. The number of ether oxygens (including phenoxy) is 4. The van der Waals surface area contributed by atoms with Gasteiger partial charge >= 0.3 is 24.0 Å². The van der Waals surface area contributed by atoms with E-state index >= 15 is 0 Å². The molecule has 3 amide bonds. The molecule has 0 aromatic heterocycles. The fraction of sp³-hybridized carbons (Fsp3) is 0.333. The van der Waals surface area contributed by atoms with Crippen molar-refractivity contribution in [3.05, 3.63) is 71.8 Å². The normalized spacial score (nSPS) is 11.7. The molecule has 0 unspecified atom stereocenters. The maximum absolute atomic E-state index is 13.0. The van der Waals surface area contributed by atoms with Crippen LogP contribution in [-0.2, 0) is 56.1 Å². The average molecular weight is 558 g/mol. The van der Waals surface area contributed by atoms with Crippen LogP contribution >= 0.6 is 0 Å². The van der Waals surface area contributed by atoms with E-state index in [1.807, 2.05) is 6.07 Å². The number of alkyl carbamates (subject to hydrolysis) is 1. The molecule has 13 heteroatoms. The van der Waals surface area contributed by atoms with Crippen LogP contribution in [0.25, 0.3) is 0 Å². The molecule has 0 radical (unpaired) electrons. The van der Waals surface area contributed by atoms with Gasteiger partial charge < -0.3 is 34.9 Å². The molecule has 0 aliphatic carbocycles. The Morgan fingerprint density at radius 3 is 1.82 bits per heavy atom. The lowest BCUT2D eigenvalue weighted by Gasteiger charge is -2.22. The maximum Gasteiger partial charge on any atom is 0.408 e. The smallest absolute Gasteiger partial charge is 0.408 e. The lowest BCUT2D eigenvalue weighted by Crippen LogP contribution is -2.56. The topological polar surface area (TPSA) is 175 Å². The number of methoxy groups -OCH3 is 1. The molecular formula is C27H31N3O10. The van der Waals surface area contributed by atoms with Gasteiger partial charge in [0.1, 0.15) is 38.4 Å². The minimum atomic E-state index is -1.50. The second kappa shape index (κ2) is 16.8. The number of benzene rings is 2. The van der Waals surface area contributed by atoms with Crippen LogP contribution in [-0.4, -0.2) is 68.2 Å². The third-order valence-corrected chi connectivity index (χ3v) is 5.16. The van der Waals surface area contributed by atoms with E-state index in [1.54, 1.807) is 54.6 Å². The number of hydrogen-bond acceptors (Lipinski definition) is 10. The summed E-state index contributed by atoms with van der Waals surface area (Å²) in [7, 11) is 1.10. The highest BCUT2D eigenvalue weighted by Gasteiger charge is 2.30. The van der Waals surface area contributed by atoms with E-state index in [0.717, 1.165) is 19.6 Å². The maximum atomic E-state index is 13.0. The highest BCUT2D eigenvalue weighted by molar-refractivity contribution is 5.94. The largest absolute Gasteiger partial charge is 0.469 e. The Morgan fingerprint density at radius 1 is 0.700 bits per heavy atom. The fourth-order valence-corrected chi connectivity index (χ4v) is 3.09. The van der Waals surface area contributed by atoms with Gasteiger partial charge in [-0.05, 0) is 11.1 Å². The summed E-state index contributed by atoms with van der Waals surface area (Å²) in [4.78, 5) is 73.2. The van der Waals surface area contributed by atoms with Crippen LogP contribution in [0.15, 0.2) is 60.7 Å². The van der Waals surface area contributed by atoms with Crippen molar-refractivity contribution in [1.29, 1.82) is 0 Å². The van der Waals surface area contributed by atoms with Crippen LogP contribution < -0.4 is 16.0 Å². The van der Waals surface area contributed by atoms with Crippen LogP contribution in [0.3, 0.4) is 0 Å². The molecule has 2 aromatic carbocycles. The Bertz CT molecular complexity index is 1160. The molecule has 0 spiro atoms. The van der Waals surface area contributed by atoms with Gasteiger partial charge in [0.05, 0.1) is 13.5 Å². The van der Waals surface area contributed by atoms with Crippen LogP contribution in [0.5, 0.6) is 0 Å². The minimum absolute atomic E-state index is 0.00952. The van der Waals surface area contributed by atoms with Crippen molar-refractivity contribution in [3.8, 4) is 0 Å². The van der Waals surface area contributed by atoms with Crippen LogP contribution in [0.2, 0.25) is 0 Å². The molecule has 0 bridgehead atoms. The fourth-order valence-electron chi connectivity index (χ4n) is 3.09. The molecule has 0 aliphatic heterocycles. The Kier molecular flexibility index (Phi) is 13.1. The van der Waals surface area contributed by atoms with Crippen molar-refractivity contribution in [2.45, 2.75) is 38.6 Å². The number of carbonyl (C=O) groups excluding carboxylic acids is 6. The van der Waals surface area contributed by atoms with Crippen molar-refractivity contribution >= 4 is 35.8 Å². The summed E-state index contributed by atoms with van der Waals surface area (Å²) in [5, 5.41) is 6.86. The third kappa shape index (κ3) is 12.1. The third-order valence-electron chi connectivity index (χ3n) is 5.16. The molecule has 214 valence electrons. The van der Waals surface area contributed by atoms with Gasteiger partial charge in [0.15, 0.2) is 0 Å². The molecule has 0 saturated heterocycles. The molecule has 0 fully saturated rings. The second-order valence-electron chi connectivity index (χ2n) is 8.27. The summed E-state index contributed by atoms with van der Waals surface area (Å²) in [6, 6.07) is 14.6. The Hall–Kier alpha value is -4.94. The van der Waals surface area contributed by atoms with Gasteiger partial charge in [0.25, 0.3) is 0 Å². The van der Waals surface area contributed by atoms with E-state index in [4.69, 9.17) is 14.2 Å². The second-order valence-corrected chi connectivity index (χ2v) is 8.27. The number of nitrogens with one attached hydrogen (secondary N) is 3. The van der Waals surface area contributed by atoms with Crippen molar-refractivity contribution in [2.24, 2.45) is 0 Å². The molecule has 0 aliphatic rings. The Labute approximate surface area is 230 Å². The Balaban J connectivity index is 1.99. The zero-order valence-corrected chi connectivity index (χ0v) is 22.0. The van der Waals surface area contributed by atoms with Crippen molar-refractivity contribution in [3.63, 3.8) is 0 Å². The highest BCUT2D eigenvalue weighted by atomic mass is 16.6. The van der Waals surface area contributed by atoms with Gasteiger partial charge in [-0.2, -0.15) is 0 Å². The number of esters is 3. The van der Waals surface area contributed by atoms with E-state index in [2.05, 4.69) is 20.7 Å². The molecule has 2 atom stereocenters. The Morgan fingerprint density at radius 2 is 1.27 bits per heavy atom. The summed E-state index contributed by atoms with van der Waals surface area (Å²) in [5.74, 6) is -4.16. The van der Waals surface area contributed by atoms with Crippen molar-refractivity contribution in [1.82, 2.24) is 16.0 Å². The van der Waals surface area contributed by atoms with E-state index in [-0.39, 0.29) is 13.2 Å². The van der Waals surface area contributed by atoms with E-state index in [1.165, 1.54) is 0 Å². The molecule has 13 nitrogen and oxygen atoms in total. The van der Waals surface area contributed by atoms with Gasteiger partial charge in [-0.25, -0.2) is 4.79 Å². The standard InChI is InChI=1S/C27H31N3O10/c1-18(31)38-17-22(25(34)28-14-24(33)39-15-19-9-5-3-6-10-19)29-26(35)21(13-23(32)37-2)30-27(36)40-16-20-11-7-4-8-12-20/h3-12,21-22H,13-17H2,1-2H3,(H,28,34)(H,29,35)(H,30,36)/t21-,22-/m0/s1. The van der Waals surface area contributed by atoms with Crippen molar-refractivity contribution < 1.29 is 47.7 Å². The summed E-state index contributed by atoms with van der Waals surface area (Å²) < 4.78 is 19.6. The van der Waals surface area contributed by atoms with Gasteiger partial charge in [-0.15, -0.1) is 0 Å². The van der Waals surface area contributed by atoms with Gasteiger partial charge in [-0.1, -0.05) is 60.7 Å². The first-order valence-electron chi connectivity index (χ1n) is 12.1. The molecule has 40 heavy (non-hydrogen) atoms. The first-order chi connectivity index (χ1) is 19.2. The molecule has 0 saturated carbocycles. The predicted molar refractivity (Wildman–Crippen MR) is 138 cm³/mol. The first kappa shape index (κ1) is 31.3. The van der Waals surface area contributed by atoms with Gasteiger partial charge in [0, 0.05) is 6.92 Å². The monoisotopic (exact) mass is 557 g/mol. The van der Waals surface area contributed by atoms with Crippen LogP contribution in [0.4, 0.5) is 4.79 Å². The van der Waals surface area contributed by atoms with E-state index < -0.39 is 67.5 Å². The summed E-state index contributed by atoms with van der Waals surface area (Å²) in [6.07, 6.45) is -1.59. The van der Waals surface area contributed by atoms with Crippen LogP contribution in [0.1, 0.15) is 24.5 Å². The first-order valence-corrected chi connectivity index (χ1v) is 12.1. The average Bonchev–Trinajstić information content (AvgIpc) is 2.96. The minimum Gasteiger partial charge on any atom is -0.469 e. The summed E-state index contributed by atoms with van der Waals surface area (Å²) in [5.41, 5.74) is 1.43. The number of hydrogen-bond donors (Lipinski definition) is 3. The van der Waals surface area contributed by atoms with Gasteiger partial charge in [0.2, 0.25) is 11.8 Å². The lowest BCUT2D eigenvalue weighted by molar-refractivity contribution is -0.147. The SMILES string of the molecule is COC(=O)C[C@H](NC(=O)OCc1ccccc1)C(=O)N[C@@H](COC(C)=O)C(=O)NCC(=O)OCc1ccccc1. The lowest BCUT2D eigenvalue weighted by atomic mass is 10.1. The van der Waals surface area contributed by atoms with E-state index in [9.17, 15) is 28.8 Å².